The molecule has 1 N–H and O–H groups in total. The predicted octanol–water partition coefficient (Wildman–Crippen LogP) is 2.88. The summed E-state index contributed by atoms with van der Waals surface area (Å²) >= 11 is 0. The van der Waals surface area contributed by atoms with Crippen LogP contribution in [0.3, 0.4) is 0 Å². The molecular weight excluding hydrogens is 219 g/mol. The van der Waals surface area contributed by atoms with Crippen LogP contribution in [-0.2, 0) is 10.4 Å². The first-order valence-electron chi connectivity index (χ1n) is 4.71. The van der Waals surface area contributed by atoms with E-state index >= 15 is 0 Å². The third kappa shape index (κ3) is 1.57. The third-order valence-electron chi connectivity index (χ3n) is 2.47. The average molecular weight is 229 g/mol. The molecule has 1 aromatic carbocycles. The predicted molar refractivity (Wildman–Crippen MR) is 52.2 cm³/mol. The van der Waals surface area contributed by atoms with Crippen LogP contribution in [0.4, 0.5) is 13.2 Å². The van der Waals surface area contributed by atoms with Gasteiger partial charge in [0.15, 0.2) is 5.54 Å². The molecule has 1 unspecified atom stereocenters. The lowest BCUT2D eigenvalue weighted by Gasteiger charge is -2.29. The Hall–Kier alpha value is -1.49. The normalized spacial score (nSPS) is 25.1. The summed E-state index contributed by atoms with van der Waals surface area (Å²) in [6.45, 7) is 1.48. The smallest absolute Gasteiger partial charge is 0.412 e. The lowest BCUT2D eigenvalue weighted by molar-refractivity contribution is -0.202. The maximum Gasteiger partial charge on any atom is 0.417 e. The van der Waals surface area contributed by atoms with Crippen molar-refractivity contribution in [3.63, 3.8) is 0 Å². The van der Waals surface area contributed by atoms with Gasteiger partial charge in [0.1, 0.15) is 5.76 Å². The zero-order valence-electron chi connectivity index (χ0n) is 8.51. The quantitative estimate of drug-likeness (QED) is 0.799. The number of alkyl halides is 3. The summed E-state index contributed by atoms with van der Waals surface area (Å²) in [5, 5.41) is 0. The van der Waals surface area contributed by atoms with Gasteiger partial charge in [0.25, 0.3) is 0 Å². The molecule has 0 saturated heterocycles. The van der Waals surface area contributed by atoms with E-state index in [1.165, 1.54) is 19.1 Å². The van der Waals surface area contributed by atoms with Gasteiger partial charge in [-0.2, -0.15) is 13.2 Å². The molecular formula is C11H10F3NO. The fourth-order valence-electron chi connectivity index (χ4n) is 1.67. The molecule has 0 fully saturated rings. The number of halogens is 3. The molecule has 1 heterocycles. The van der Waals surface area contributed by atoms with Crippen molar-refractivity contribution in [3.8, 4) is 0 Å². The zero-order valence-corrected chi connectivity index (χ0v) is 8.51. The minimum absolute atomic E-state index is 0.111. The van der Waals surface area contributed by atoms with Gasteiger partial charge >= 0.3 is 6.18 Å². The second-order valence-corrected chi connectivity index (χ2v) is 3.63. The molecule has 0 spiro atoms. The maximum atomic E-state index is 13.1. The van der Waals surface area contributed by atoms with Crippen molar-refractivity contribution in [3.05, 3.63) is 47.7 Å². The number of hydroxylamine groups is 1. The molecule has 0 saturated carbocycles. The molecule has 0 radical (unpaired) electrons. The molecule has 2 nitrogen and oxygen atoms in total. The zero-order chi connectivity index (χ0) is 11.8. The Morgan fingerprint density at radius 2 is 1.81 bits per heavy atom. The first-order chi connectivity index (χ1) is 7.46. The van der Waals surface area contributed by atoms with Crippen LogP contribution in [0.25, 0.3) is 0 Å². The molecule has 1 aliphatic rings. The van der Waals surface area contributed by atoms with E-state index < -0.39 is 11.7 Å². The number of rotatable bonds is 1. The summed E-state index contributed by atoms with van der Waals surface area (Å²) in [5.41, 5.74) is -0.0687. The standard InChI is InChI=1S/C11H10F3NO/c1-8-7-10(15-16-8,11(12,13)14)9-5-3-2-4-6-9/h2-7,15H,1H3. The molecule has 1 aromatic rings. The maximum absolute atomic E-state index is 13.1. The summed E-state index contributed by atoms with van der Waals surface area (Å²) in [6, 6.07) is 7.62. The highest BCUT2D eigenvalue weighted by Gasteiger charge is 2.58. The monoisotopic (exact) mass is 229 g/mol. The Morgan fingerprint density at radius 3 is 2.25 bits per heavy atom. The Labute approximate surface area is 90.7 Å². The van der Waals surface area contributed by atoms with Gasteiger partial charge < -0.3 is 4.84 Å². The number of hydrogen-bond donors (Lipinski definition) is 1. The SMILES string of the molecule is CC1=CC(c2ccccc2)(C(F)(F)F)NO1. The molecule has 1 aliphatic heterocycles. The van der Waals surface area contributed by atoms with E-state index in [0.717, 1.165) is 6.08 Å². The summed E-state index contributed by atoms with van der Waals surface area (Å²) in [7, 11) is 0. The van der Waals surface area contributed by atoms with Gasteiger partial charge in [-0.1, -0.05) is 30.3 Å². The Kier molecular flexibility index (Phi) is 2.42. The van der Waals surface area contributed by atoms with Gasteiger partial charge in [-0.05, 0) is 18.6 Å². The lowest BCUT2D eigenvalue weighted by Crippen LogP contribution is -2.49. The number of allylic oxidation sites excluding steroid dienone is 1. The van der Waals surface area contributed by atoms with Crippen LogP contribution in [-0.4, -0.2) is 6.18 Å². The third-order valence-corrected chi connectivity index (χ3v) is 2.47. The van der Waals surface area contributed by atoms with Gasteiger partial charge in [-0.25, -0.2) is 0 Å². The van der Waals surface area contributed by atoms with Crippen molar-refractivity contribution in [2.75, 3.05) is 0 Å². The molecule has 5 heteroatoms. The topological polar surface area (TPSA) is 21.3 Å². The molecule has 0 aromatic heterocycles. The van der Waals surface area contributed by atoms with Crippen molar-refractivity contribution < 1.29 is 18.0 Å². The van der Waals surface area contributed by atoms with Crippen LogP contribution in [0.1, 0.15) is 12.5 Å². The summed E-state index contributed by atoms with van der Waals surface area (Å²) in [5.74, 6) is 0.209. The molecule has 0 amide bonds. The van der Waals surface area contributed by atoms with Crippen LogP contribution in [0.5, 0.6) is 0 Å². The first kappa shape index (κ1) is 11.0. The minimum atomic E-state index is -4.45. The molecule has 0 bridgehead atoms. The summed E-state index contributed by atoms with van der Waals surface area (Å²) in [6.07, 6.45) is -3.41. The second-order valence-electron chi connectivity index (χ2n) is 3.63. The van der Waals surface area contributed by atoms with Crippen molar-refractivity contribution in [1.82, 2.24) is 5.48 Å². The van der Waals surface area contributed by atoms with Gasteiger partial charge in [0.2, 0.25) is 0 Å². The Bertz CT molecular complexity index is 413. The van der Waals surface area contributed by atoms with Crippen molar-refractivity contribution >= 4 is 0 Å². The highest BCUT2D eigenvalue weighted by Crippen LogP contribution is 2.43. The summed E-state index contributed by atoms with van der Waals surface area (Å²) < 4.78 is 39.3. The number of hydrogen-bond acceptors (Lipinski definition) is 2. The molecule has 2 rings (SSSR count). The molecule has 86 valence electrons. The van der Waals surface area contributed by atoms with Crippen molar-refractivity contribution in [2.24, 2.45) is 0 Å². The fourth-order valence-corrected chi connectivity index (χ4v) is 1.67. The van der Waals surface area contributed by atoms with Crippen LogP contribution in [0.15, 0.2) is 42.2 Å². The second kappa shape index (κ2) is 3.52. The van der Waals surface area contributed by atoms with Crippen LogP contribution in [0, 0.1) is 0 Å². The Morgan fingerprint density at radius 1 is 1.19 bits per heavy atom. The van der Waals surface area contributed by atoms with Gasteiger partial charge in [0.05, 0.1) is 0 Å². The van der Waals surface area contributed by atoms with Crippen LogP contribution in [0.2, 0.25) is 0 Å². The molecule has 0 aliphatic carbocycles. The lowest BCUT2D eigenvalue weighted by atomic mass is 9.90. The van der Waals surface area contributed by atoms with Crippen molar-refractivity contribution in [1.29, 1.82) is 0 Å². The average Bonchev–Trinajstić information content (AvgIpc) is 2.62. The van der Waals surface area contributed by atoms with E-state index in [9.17, 15) is 13.2 Å². The van der Waals surface area contributed by atoms with E-state index in [1.807, 2.05) is 0 Å². The summed E-state index contributed by atoms with van der Waals surface area (Å²) in [4.78, 5) is 4.74. The van der Waals surface area contributed by atoms with Gasteiger partial charge in [0, 0.05) is 0 Å². The van der Waals surface area contributed by atoms with Crippen molar-refractivity contribution in [2.45, 2.75) is 18.6 Å². The van der Waals surface area contributed by atoms with Crippen LogP contribution < -0.4 is 5.48 Å². The first-order valence-corrected chi connectivity index (χ1v) is 4.71. The fraction of sp³-hybridized carbons (Fsp3) is 0.273. The van der Waals surface area contributed by atoms with Gasteiger partial charge in [-0.15, -0.1) is 5.48 Å². The highest BCUT2D eigenvalue weighted by molar-refractivity contribution is 5.34. The number of benzene rings is 1. The van der Waals surface area contributed by atoms with Crippen LogP contribution >= 0.6 is 0 Å². The molecule has 16 heavy (non-hydrogen) atoms. The minimum Gasteiger partial charge on any atom is -0.412 e. The Balaban J connectivity index is 2.54. The van der Waals surface area contributed by atoms with Gasteiger partial charge in [-0.3, -0.25) is 0 Å². The highest BCUT2D eigenvalue weighted by atomic mass is 19.4. The van der Waals surface area contributed by atoms with E-state index in [2.05, 4.69) is 5.48 Å². The van der Waals surface area contributed by atoms with E-state index in [4.69, 9.17) is 4.84 Å². The molecule has 1 atom stereocenters. The van der Waals surface area contributed by atoms with E-state index in [-0.39, 0.29) is 11.3 Å². The van der Waals surface area contributed by atoms with E-state index in [0.29, 0.717) is 0 Å². The largest absolute Gasteiger partial charge is 0.417 e. The van der Waals surface area contributed by atoms with E-state index in [1.54, 1.807) is 18.2 Å². The number of nitrogens with one attached hydrogen (secondary N) is 1.